The third-order valence-corrected chi connectivity index (χ3v) is 3.78. The van der Waals surface area contributed by atoms with Crippen LogP contribution in [0, 0.1) is 0 Å². The molecule has 0 saturated carbocycles. The number of benzene rings is 2. The minimum atomic E-state index is -1.05. The average Bonchev–Trinajstić information content (AvgIpc) is 2.69. The molecule has 2 amide bonds. The first-order chi connectivity index (χ1) is 13.0. The second kappa shape index (κ2) is 10.6. The highest BCUT2D eigenvalue weighted by atomic mass is 16.5. The van der Waals surface area contributed by atoms with E-state index in [9.17, 15) is 14.4 Å². The second-order valence-electron chi connectivity index (χ2n) is 5.89. The zero-order valence-corrected chi connectivity index (χ0v) is 14.8. The summed E-state index contributed by atoms with van der Waals surface area (Å²) in [7, 11) is 0. The fourth-order valence-corrected chi connectivity index (χ4v) is 2.35. The molecular formula is C20H22N2O5. The first-order valence-electron chi connectivity index (χ1n) is 8.55. The summed E-state index contributed by atoms with van der Waals surface area (Å²) in [5.41, 5.74) is 1.71. The second-order valence-corrected chi connectivity index (χ2v) is 5.89. The molecule has 2 aromatic rings. The van der Waals surface area contributed by atoms with E-state index in [-0.39, 0.29) is 26.0 Å². The van der Waals surface area contributed by atoms with Gasteiger partial charge in [-0.2, -0.15) is 0 Å². The van der Waals surface area contributed by atoms with E-state index in [4.69, 9.17) is 9.84 Å². The molecule has 0 aromatic heterocycles. The molecule has 0 unspecified atom stereocenters. The number of hydrogen-bond donors (Lipinski definition) is 3. The molecule has 3 N–H and O–H groups in total. The Kier molecular flexibility index (Phi) is 7.84. The zero-order valence-electron chi connectivity index (χ0n) is 14.8. The number of hydrogen-bond acceptors (Lipinski definition) is 4. The van der Waals surface area contributed by atoms with Gasteiger partial charge >= 0.3 is 12.1 Å². The molecule has 0 spiro atoms. The van der Waals surface area contributed by atoms with Crippen molar-refractivity contribution >= 4 is 18.0 Å². The van der Waals surface area contributed by atoms with Crippen molar-refractivity contribution in [3.05, 3.63) is 71.8 Å². The van der Waals surface area contributed by atoms with Crippen LogP contribution in [0.25, 0.3) is 0 Å². The molecule has 27 heavy (non-hydrogen) atoms. The highest BCUT2D eigenvalue weighted by molar-refractivity contribution is 5.86. The molecule has 142 valence electrons. The number of rotatable bonds is 9. The molecule has 2 rings (SSSR count). The molecule has 1 atom stereocenters. The van der Waals surface area contributed by atoms with E-state index in [2.05, 4.69) is 10.6 Å². The van der Waals surface area contributed by atoms with Gasteiger partial charge in [0.05, 0.1) is 0 Å². The van der Waals surface area contributed by atoms with Crippen molar-refractivity contribution in [1.82, 2.24) is 10.6 Å². The Morgan fingerprint density at radius 3 is 2.11 bits per heavy atom. The van der Waals surface area contributed by atoms with Gasteiger partial charge in [0.25, 0.3) is 0 Å². The van der Waals surface area contributed by atoms with E-state index in [1.807, 2.05) is 60.7 Å². The number of aliphatic carboxylic acids is 1. The lowest BCUT2D eigenvalue weighted by Gasteiger charge is -2.18. The molecular weight excluding hydrogens is 348 g/mol. The van der Waals surface area contributed by atoms with Crippen LogP contribution in [0.15, 0.2) is 60.7 Å². The summed E-state index contributed by atoms with van der Waals surface area (Å²) in [6.45, 7) is 0.341. The van der Waals surface area contributed by atoms with Crippen molar-refractivity contribution in [2.75, 3.05) is 0 Å². The Balaban J connectivity index is 1.88. The SMILES string of the molecule is O=C(O)CC[C@H](NC(=O)OCc1ccccc1)C(=O)NCc1ccccc1. The van der Waals surface area contributed by atoms with Crippen LogP contribution in [0.1, 0.15) is 24.0 Å². The standard InChI is InChI=1S/C20H22N2O5/c23-18(24)12-11-17(19(25)21-13-15-7-3-1-4-8-15)22-20(26)27-14-16-9-5-2-6-10-16/h1-10,17H,11-14H2,(H,21,25)(H,22,26)(H,23,24)/t17-/m0/s1. The van der Waals surface area contributed by atoms with Crippen LogP contribution in [0.5, 0.6) is 0 Å². The summed E-state index contributed by atoms with van der Waals surface area (Å²) >= 11 is 0. The number of carboxylic acids is 1. The summed E-state index contributed by atoms with van der Waals surface area (Å²) < 4.78 is 5.10. The van der Waals surface area contributed by atoms with E-state index in [0.29, 0.717) is 0 Å². The van der Waals surface area contributed by atoms with Crippen LogP contribution in [0.4, 0.5) is 4.79 Å². The smallest absolute Gasteiger partial charge is 0.408 e. The van der Waals surface area contributed by atoms with Gasteiger partial charge in [-0.3, -0.25) is 9.59 Å². The predicted molar refractivity (Wildman–Crippen MR) is 98.7 cm³/mol. The number of carbonyl (C=O) groups is 3. The molecule has 0 aliphatic carbocycles. The van der Waals surface area contributed by atoms with Crippen molar-refractivity contribution in [2.24, 2.45) is 0 Å². The summed E-state index contributed by atoms with van der Waals surface area (Å²) in [5.74, 6) is -1.51. The minimum absolute atomic E-state index is 0.0314. The van der Waals surface area contributed by atoms with Crippen LogP contribution in [0.3, 0.4) is 0 Å². The van der Waals surface area contributed by atoms with Crippen molar-refractivity contribution in [1.29, 1.82) is 0 Å². The first kappa shape index (κ1) is 20.0. The van der Waals surface area contributed by atoms with Gasteiger partial charge in [-0.15, -0.1) is 0 Å². The Hall–Kier alpha value is -3.35. The van der Waals surface area contributed by atoms with Gasteiger partial charge in [-0.1, -0.05) is 60.7 Å². The molecule has 0 aliphatic rings. The first-order valence-corrected chi connectivity index (χ1v) is 8.55. The van der Waals surface area contributed by atoms with Gasteiger partial charge in [0, 0.05) is 13.0 Å². The number of carbonyl (C=O) groups excluding carboxylic acids is 2. The Morgan fingerprint density at radius 1 is 0.926 bits per heavy atom. The van der Waals surface area contributed by atoms with E-state index in [1.54, 1.807) is 0 Å². The molecule has 0 bridgehead atoms. The number of amides is 2. The predicted octanol–water partition coefficient (Wildman–Crippen LogP) is 2.46. The third kappa shape index (κ3) is 7.60. The van der Waals surface area contributed by atoms with E-state index in [1.165, 1.54) is 0 Å². The van der Waals surface area contributed by atoms with Crippen molar-refractivity contribution in [3.63, 3.8) is 0 Å². The summed E-state index contributed by atoms with van der Waals surface area (Å²) in [6.07, 6.45) is -1.05. The minimum Gasteiger partial charge on any atom is -0.481 e. The molecule has 0 heterocycles. The highest BCUT2D eigenvalue weighted by Crippen LogP contribution is 2.04. The fourth-order valence-electron chi connectivity index (χ4n) is 2.35. The molecule has 0 aliphatic heterocycles. The van der Waals surface area contributed by atoms with Gasteiger partial charge in [-0.25, -0.2) is 4.79 Å². The Morgan fingerprint density at radius 2 is 1.52 bits per heavy atom. The summed E-state index contributed by atoms with van der Waals surface area (Å²) in [4.78, 5) is 35.2. The quantitative estimate of drug-likeness (QED) is 0.629. The summed E-state index contributed by atoms with van der Waals surface area (Å²) in [6, 6.07) is 17.4. The Labute approximate surface area is 157 Å². The fraction of sp³-hybridized carbons (Fsp3) is 0.250. The average molecular weight is 370 g/mol. The highest BCUT2D eigenvalue weighted by Gasteiger charge is 2.22. The van der Waals surface area contributed by atoms with E-state index >= 15 is 0 Å². The number of nitrogens with one attached hydrogen (secondary N) is 2. The normalized spacial score (nSPS) is 11.3. The number of carboxylic acid groups (broad SMARTS) is 1. The van der Waals surface area contributed by atoms with Crippen LogP contribution >= 0.6 is 0 Å². The van der Waals surface area contributed by atoms with Gasteiger partial charge in [-0.05, 0) is 17.5 Å². The lowest BCUT2D eigenvalue weighted by Crippen LogP contribution is -2.46. The number of ether oxygens (including phenoxy) is 1. The van der Waals surface area contributed by atoms with Crippen molar-refractivity contribution in [3.8, 4) is 0 Å². The zero-order chi connectivity index (χ0) is 19.5. The molecule has 0 radical (unpaired) electrons. The van der Waals surface area contributed by atoms with E-state index in [0.717, 1.165) is 11.1 Å². The largest absolute Gasteiger partial charge is 0.481 e. The van der Waals surface area contributed by atoms with Crippen molar-refractivity contribution < 1.29 is 24.2 Å². The van der Waals surface area contributed by atoms with Crippen LogP contribution in [0.2, 0.25) is 0 Å². The lowest BCUT2D eigenvalue weighted by atomic mass is 10.1. The van der Waals surface area contributed by atoms with E-state index < -0.39 is 24.0 Å². The van der Waals surface area contributed by atoms with Crippen LogP contribution in [-0.2, 0) is 27.5 Å². The molecule has 7 heteroatoms. The van der Waals surface area contributed by atoms with Crippen molar-refractivity contribution in [2.45, 2.75) is 32.0 Å². The molecule has 2 aromatic carbocycles. The molecule has 0 saturated heterocycles. The molecule has 0 fully saturated rings. The topological polar surface area (TPSA) is 105 Å². The Bertz CT molecular complexity index is 749. The van der Waals surface area contributed by atoms with Gasteiger partial charge < -0.3 is 20.5 Å². The van der Waals surface area contributed by atoms with Crippen LogP contribution < -0.4 is 10.6 Å². The maximum absolute atomic E-state index is 12.4. The maximum Gasteiger partial charge on any atom is 0.408 e. The number of alkyl carbamates (subject to hydrolysis) is 1. The van der Waals surface area contributed by atoms with Gasteiger partial charge in [0.15, 0.2) is 0 Å². The summed E-state index contributed by atoms with van der Waals surface area (Å²) in [5, 5.41) is 14.0. The van der Waals surface area contributed by atoms with Gasteiger partial charge in [0.1, 0.15) is 12.6 Å². The van der Waals surface area contributed by atoms with Crippen LogP contribution in [-0.4, -0.2) is 29.1 Å². The maximum atomic E-state index is 12.4. The van der Waals surface area contributed by atoms with Gasteiger partial charge in [0.2, 0.25) is 5.91 Å². The molecule has 7 nitrogen and oxygen atoms in total. The lowest BCUT2D eigenvalue weighted by molar-refractivity contribution is -0.137. The monoisotopic (exact) mass is 370 g/mol. The third-order valence-electron chi connectivity index (χ3n) is 3.78.